The van der Waals surface area contributed by atoms with Crippen LogP contribution in [0.2, 0.25) is 0 Å². The highest BCUT2D eigenvalue weighted by Crippen LogP contribution is 2.05. The molecule has 0 aromatic heterocycles. The average Bonchev–Trinajstić information content (AvgIpc) is 2.15. The molecule has 15 heavy (non-hydrogen) atoms. The molecule has 0 saturated carbocycles. The molecule has 0 amide bonds. The highest BCUT2D eigenvalue weighted by Gasteiger charge is 2.15. The van der Waals surface area contributed by atoms with Crippen LogP contribution in [0.15, 0.2) is 17.6 Å². The van der Waals surface area contributed by atoms with Crippen molar-refractivity contribution >= 4 is 11.8 Å². The Hall–Kier alpha value is -1.36. The van der Waals surface area contributed by atoms with E-state index in [1.807, 2.05) is 6.92 Å². The van der Waals surface area contributed by atoms with Crippen molar-refractivity contribution in [1.82, 2.24) is 0 Å². The quantitative estimate of drug-likeness (QED) is 0.323. The van der Waals surface area contributed by atoms with Crippen molar-refractivity contribution in [3.05, 3.63) is 12.7 Å². The third-order valence-corrected chi connectivity index (χ3v) is 1.93. The third-order valence-electron chi connectivity index (χ3n) is 1.93. The van der Waals surface area contributed by atoms with Gasteiger partial charge in [0.05, 0.1) is 5.84 Å². The lowest BCUT2D eigenvalue weighted by Crippen LogP contribution is -2.32. The lowest BCUT2D eigenvalue weighted by molar-refractivity contribution is -0.138. The first-order chi connectivity index (χ1) is 6.97. The van der Waals surface area contributed by atoms with E-state index in [1.165, 1.54) is 0 Å². The minimum Gasteiger partial charge on any atom is -0.480 e. The smallest absolute Gasteiger partial charge is 0.320 e. The summed E-state index contributed by atoms with van der Waals surface area (Å²) < 4.78 is 0. The summed E-state index contributed by atoms with van der Waals surface area (Å²) in [5.41, 5.74) is 10.9. The van der Waals surface area contributed by atoms with Crippen LogP contribution in [-0.2, 0) is 4.79 Å². The van der Waals surface area contributed by atoms with E-state index in [-0.39, 0.29) is 5.92 Å². The molecule has 0 aromatic rings. The summed E-state index contributed by atoms with van der Waals surface area (Å²) in [5, 5.41) is 8.59. The van der Waals surface area contributed by atoms with Gasteiger partial charge >= 0.3 is 5.97 Å². The predicted molar refractivity (Wildman–Crippen MR) is 60.7 cm³/mol. The van der Waals surface area contributed by atoms with Gasteiger partial charge in [0.1, 0.15) is 6.04 Å². The highest BCUT2D eigenvalue weighted by atomic mass is 16.4. The Morgan fingerprint density at radius 3 is 2.73 bits per heavy atom. The molecule has 0 saturated heterocycles. The highest BCUT2D eigenvalue weighted by molar-refractivity contribution is 5.81. The van der Waals surface area contributed by atoms with E-state index in [9.17, 15) is 4.79 Å². The van der Waals surface area contributed by atoms with Gasteiger partial charge in [0.2, 0.25) is 0 Å². The van der Waals surface area contributed by atoms with Gasteiger partial charge in [0.15, 0.2) is 0 Å². The molecule has 0 rings (SSSR count). The Morgan fingerprint density at radius 2 is 2.27 bits per heavy atom. The van der Waals surface area contributed by atoms with E-state index >= 15 is 0 Å². The number of hydrogen-bond acceptors (Lipinski definition) is 3. The maximum absolute atomic E-state index is 10.5. The standard InChI is InChI=1S/C10H19N3O2/c1-3-4-9(12)13-6-7(2)5-8(11)10(14)15/h3,7-8H,1,4-6,11H2,2H3,(H2,12,13)(H,14,15)/t7?,8-/m0/s1. The summed E-state index contributed by atoms with van der Waals surface area (Å²) >= 11 is 0. The molecule has 0 aromatic carbocycles. The Balaban J connectivity index is 3.93. The molecule has 0 heterocycles. The molecule has 0 aliphatic heterocycles. The van der Waals surface area contributed by atoms with E-state index in [1.54, 1.807) is 6.08 Å². The van der Waals surface area contributed by atoms with Gasteiger partial charge in [-0.1, -0.05) is 13.0 Å². The summed E-state index contributed by atoms with van der Waals surface area (Å²) in [4.78, 5) is 14.6. The molecule has 5 heteroatoms. The first-order valence-corrected chi connectivity index (χ1v) is 4.85. The summed E-state index contributed by atoms with van der Waals surface area (Å²) in [6.45, 7) is 5.94. The fourth-order valence-electron chi connectivity index (χ4n) is 1.09. The Morgan fingerprint density at radius 1 is 1.67 bits per heavy atom. The maximum atomic E-state index is 10.5. The van der Waals surface area contributed by atoms with Gasteiger partial charge in [-0.15, -0.1) is 6.58 Å². The molecule has 0 spiro atoms. The van der Waals surface area contributed by atoms with E-state index < -0.39 is 12.0 Å². The molecule has 5 N–H and O–H groups in total. The minimum absolute atomic E-state index is 0.111. The van der Waals surface area contributed by atoms with E-state index in [0.717, 1.165) is 0 Å². The number of aliphatic carboxylic acids is 1. The van der Waals surface area contributed by atoms with Crippen molar-refractivity contribution in [3.8, 4) is 0 Å². The first kappa shape index (κ1) is 13.6. The van der Waals surface area contributed by atoms with Crippen LogP contribution in [-0.4, -0.2) is 29.5 Å². The third kappa shape index (κ3) is 6.68. The zero-order valence-corrected chi connectivity index (χ0v) is 9.02. The molecule has 0 aliphatic carbocycles. The molecule has 1 unspecified atom stereocenters. The van der Waals surface area contributed by atoms with Crippen molar-refractivity contribution < 1.29 is 9.90 Å². The normalized spacial score (nSPS) is 15.7. The van der Waals surface area contributed by atoms with E-state index in [2.05, 4.69) is 11.6 Å². The van der Waals surface area contributed by atoms with Crippen LogP contribution < -0.4 is 11.5 Å². The number of nitrogens with two attached hydrogens (primary N) is 2. The number of nitrogens with zero attached hydrogens (tertiary/aromatic N) is 1. The number of rotatable bonds is 7. The van der Waals surface area contributed by atoms with Crippen molar-refractivity contribution in [2.75, 3.05) is 6.54 Å². The first-order valence-electron chi connectivity index (χ1n) is 4.85. The zero-order valence-electron chi connectivity index (χ0n) is 9.02. The van der Waals surface area contributed by atoms with Crippen molar-refractivity contribution in [2.45, 2.75) is 25.8 Å². The average molecular weight is 213 g/mol. The number of amidine groups is 1. The van der Waals surface area contributed by atoms with Crippen LogP contribution in [0.4, 0.5) is 0 Å². The molecule has 0 bridgehead atoms. The molecule has 86 valence electrons. The van der Waals surface area contributed by atoms with Gasteiger partial charge in [-0.05, 0) is 12.3 Å². The summed E-state index contributed by atoms with van der Waals surface area (Å²) in [7, 11) is 0. The fourth-order valence-corrected chi connectivity index (χ4v) is 1.09. The fraction of sp³-hybridized carbons (Fsp3) is 0.600. The number of carboxylic acids is 1. The molecule has 0 aliphatic rings. The number of hydrogen-bond donors (Lipinski definition) is 3. The minimum atomic E-state index is -0.982. The van der Waals surface area contributed by atoms with Crippen LogP contribution in [0.1, 0.15) is 19.8 Å². The van der Waals surface area contributed by atoms with Crippen molar-refractivity contribution in [3.63, 3.8) is 0 Å². The predicted octanol–water partition coefficient (Wildman–Crippen LogP) is 0.358. The lowest BCUT2D eigenvalue weighted by atomic mass is 10.0. The van der Waals surface area contributed by atoms with Crippen molar-refractivity contribution in [2.24, 2.45) is 22.4 Å². The molecule has 5 nitrogen and oxygen atoms in total. The summed E-state index contributed by atoms with van der Waals surface area (Å²) in [6.07, 6.45) is 2.63. The second-order valence-electron chi connectivity index (χ2n) is 3.61. The van der Waals surface area contributed by atoms with Gasteiger partial charge < -0.3 is 16.6 Å². The number of aliphatic imine (C=N–C) groups is 1. The largest absolute Gasteiger partial charge is 0.480 e. The Kier molecular flexibility index (Phi) is 6.37. The SMILES string of the molecule is C=CCC(N)=NCC(C)C[C@H](N)C(=O)O. The van der Waals surface area contributed by atoms with Gasteiger partial charge in [-0.25, -0.2) is 0 Å². The van der Waals surface area contributed by atoms with Crippen LogP contribution in [0.3, 0.4) is 0 Å². The van der Waals surface area contributed by atoms with Crippen LogP contribution in [0, 0.1) is 5.92 Å². The molecule has 0 radical (unpaired) electrons. The van der Waals surface area contributed by atoms with Gasteiger partial charge in [-0.3, -0.25) is 9.79 Å². The molecule has 2 atom stereocenters. The number of carbonyl (C=O) groups is 1. The van der Waals surface area contributed by atoms with Crippen LogP contribution in [0.25, 0.3) is 0 Å². The number of carboxylic acid groups (broad SMARTS) is 1. The lowest BCUT2D eigenvalue weighted by Gasteiger charge is -2.11. The van der Waals surface area contributed by atoms with E-state index in [4.69, 9.17) is 16.6 Å². The summed E-state index contributed by atoms with van der Waals surface area (Å²) in [5.74, 6) is -0.356. The molecular formula is C10H19N3O2. The Bertz CT molecular complexity index is 251. The van der Waals surface area contributed by atoms with Gasteiger partial charge in [0.25, 0.3) is 0 Å². The van der Waals surface area contributed by atoms with Crippen molar-refractivity contribution in [1.29, 1.82) is 0 Å². The monoisotopic (exact) mass is 213 g/mol. The molecule has 0 fully saturated rings. The zero-order chi connectivity index (χ0) is 11.8. The Labute approximate surface area is 89.9 Å². The van der Waals surface area contributed by atoms with Crippen LogP contribution >= 0.6 is 0 Å². The molecular weight excluding hydrogens is 194 g/mol. The second kappa shape index (κ2) is 7.00. The van der Waals surface area contributed by atoms with Crippen LogP contribution in [0.5, 0.6) is 0 Å². The summed E-state index contributed by atoms with van der Waals surface area (Å²) in [6, 6.07) is -0.823. The maximum Gasteiger partial charge on any atom is 0.320 e. The topological polar surface area (TPSA) is 102 Å². The van der Waals surface area contributed by atoms with Gasteiger partial charge in [0, 0.05) is 13.0 Å². The van der Waals surface area contributed by atoms with Gasteiger partial charge in [-0.2, -0.15) is 0 Å². The second-order valence-corrected chi connectivity index (χ2v) is 3.61. The van der Waals surface area contributed by atoms with E-state index in [0.29, 0.717) is 25.2 Å².